The smallest absolute Gasteiger partial charge is 0.247 e. The minimum atomic E-state index is -0.232. The highest BCUT2D eigenvalue weighted by Crippen LogP contribution is 2.29. The van der Waals surface area contributed by atoms with Crippen molar-refractivity contribution in [2.75, 3.05) is 13.1 Å². The molecule has 0 bridgehead atoms. The number of likely N-dealkylation sites (tertiary alicyclic amines) is 2. The second kappa shape index (κ2) is 5.98. The first kappa shape index (κ1) is 14.3. The predicted octanol–water partition coefficient (Wildman–Crippen LogP) is 2.36. The molecular formula is C17H22N2O2. The summed E-state index contributed by atoms with van der Waals surface area (Å²) in [6.07, 6.45) is 3.84. The molecule has 0 aliphatic carbocycles. The van der Waals surface area contributed by atoms with Gasteiger partial charge in [0.05, 0.1) is 18.5 Å². The number of hydrogen-bond acceptors (Lipinski definition) is 3. The number of piperidine rings is 1. The Labute approximate surface area is 125 Å². The first-order chi connectivity index (χ1) is 10.2. The van der Waals surface area contributed by atoms with Gasteiger partial charge in [-0.05, 0) is 38.4 Å². The molecule has 2 amide bonds. The second-order valence-electron chi connectivity index (χ2n) is 6.01. The summed E-state index contributed by atoms with van der Waals surface area (Å²) in [6, 6.07) is 9.36. The van der Waals surface area contributed by atoms with E-state index in [-0.39, 0.29) is 23.9 Å². The van der Waals surface area contributed by atoms with Gasteiger partial charge in [-0.3, -0.25) is 19.4 Å². The number of carbonyl (C=O) groups excluding carboxylic acids is 2. The van der Waals surface area contributed by atoms with Crippen molar-refractivity contribution in [1.29, 1.82) is 0 Å². The molecule has 112 valence electrons. The number of carbonyl (C=O) groups is 2. The highest BCUT2D eigenvalue weighted by molar-refractivity contribution is 6.05. The Morgan fingerprint density at radius 1 is 1.05 bits per heavy atom. The van der Waals surface area contributed by atoms with Gasteiger partial charge in [0.15, 0.2) is 0 Å². The Bertz CT molecular complexity index is 523. The van der Waals surface area contributed by atoms with Crippen LogP contribution in [0.4, 0.5) is 0 Å². The number of amides is 2. The number of rotatable bonds is 3. The fourth-order valence-electron chi connectivity index (χ4n) is 3.44. The van der Waals surface area contributed by atoms with Crippen LogP contribution in [0, 0.1) is 0 Å². The van der Waals surface area contributed by atoms with E-state index in [1.807, 2.05) is 37.3 Å². The molecule has 2 atom stereocenters. The van der Waals surface area contributed by atoms with Crippen molar-refractivity contribution < 1.29 is 9.59 Å². The average Bonchev–Trinajstić information content (AvgIpc) is 2.83. The molecule has 0 aromatic heterocycles. The number of nitrogens with zero attached hydrogens (tertiary/aromatic N) is 2. The van der Waals surface area contributed by atoms with Gasteiger partial charge in [0.25, 0.3) is 0 Å². The van der Waals surface area contributed by atoms with E-state index in [2.05, 4.69) is 4.90 Å². The molecule has 3 rings (SSSR count). The van der Waals surface area contributed by atoms with Gasteiger partial charge in [0.2, 0.25) is 11.8 Å². The van der Waals surface area contributed by atoms with E-state index in [0.717, 1.165) is 31.5 Å². The first-order valence-electron chi connectivity index (χ1n) is 7.83. The van der Waals surface area contributed by atoms with Gasteiger partial charge in [-0.15, -0.1) is 0 Å². The van der Waals surface area contributed by atoms with Crippen LogP contribution in [0.25, 0.3) is 0 Å². The molecular weight excluding hydrogens is 264 g/mol. The lowest BCUT2D eigenvalue weighted by Gasteiger charge is -2.31. The summed E-state index contributed by atoms with van der Waals surface area (Å²) >= 11 is 0. The third-order valence-corrected chi connectivity index (χ3v) is 4.66. The zero-order valence-corrected chi connectivity index (χ0v) is 12.5. The van der Waals surface area contributed by atoms with Crippen LogP contribution in [-0.4, -0.2) is 40.7 Å². The Morgan fingerprint density at radius 2 is 1.71 bits per heavy atom. The lowest BCUT2D eigenvalue weighted by Crippen LogP contribution is -2.44. The average molecular weight is 286 g/mol. The summed E-state index contributed by atoms with van der Waals surface area (Å²) in [5.74, 6) is -0.0508. The fourth-order valence-corrected chi connectivity index (χ4v) is 3.44. The van der Waals surface area contributed by atoms with Gasteiger partial charge in [0.1, 0.15) is 0 Å². The normalized spacial score (nSPS) is 25.4. The minimum absolute atomic E-state index is 0.0155. The monoisotopic (exact) mass is 286 g/mol. The van der Waals surface area contributed by atoms with Gasteiger partial charge in [-0.25, -0.2) is 0 Å². The van der Waals surface area contributed by atoms with Crippen LogP contribution in [0.1, 0.15) is 44.2 Å². The van der Waals surface area contributed by atoms with E-state index in [1.54, 1.807) is 0 Å². The van der Waals surface area contributed by atoms with E-state index < -0.39 is 0 Å². The molecule has 21 heavy (non-hydrogen) atoms. The van der Waals surface area contributed by atoms with Crippen LogP contribution in [0.3, 0.4) is 0 Å². The van der Waals surface area contributed by atoms with Crippen molar-refractivity contribution in [2.24, 2.45) is 0 Å². The third kappa shape index (κ3) is 2.72. The molecule has 0 N–H and O–H groups in total. The number of benzene rings is 1. The quantitative estimate of drug-likeness (QED) is 0.801. The summed E-state index contributed by atoms with van der Waals surface area (Å²) in [6.45, 7) is 3.82. The molecule has 2 heterocycles. The zero-order valence-electron chi connectivity index (χ0n) is 12.5. The summed E-state index contributed by atoms with van der Waals surface area (Å²) in [5, 5.41) is 0. The summed E-state index contributed by atoms with van der Waals surface area (Å²) in [5.41, 5.74) is 1.01. The van der Waals surface area contributed by atoms with Crippen LogP contribution >= 0.6 is 0 Å². The van der Waals surface area contributed by atoms with Gasteiger partial charge in [-0.2, -0.15) is 0 Å². The SMILES string of the molecule is CC(c1ccccc1)N1C(=O)CC(N2CCCCC2)C1=O. The summed E-state index contributed by atoms with van der Waals surface area (Å²) in [4.78, 5) is 28.7. The molecule has 2 aliphatic heterocycles. The molecule has 1 aromatic rings. The van der Waals surface area contributed by atoms with E-state index in [9.17, 15) is 9.59 Å². The minimum Gasteiger partial charge on any atom is -0.292 e. The molecule has 2 saturated heterocycles. The molecule has 0 spiro atoms. The molecule has 1 aromatic carbocycles. The number of hydrogen-bond donors (Lipinski definition) is 0. The highest BCUT2D eigenvalue weighted by atomic mass is 16.2. The topological polar surface area (TPSA) is 40.6 Å². The first-order valence-corrected chi connectivity index (χ1v) is 7.83. The maximum Gasteiger partial charge on any atom is 0.247 e. The van der Waals surface area contributed by atoms with E-state index in [0.29, 0.717) is 6.42 Å². The van der Waals surface area contributed by atoms with Crippen molar-refractivity contribution in [1.82, 2.24) is 9.80 Å². The van der Waals surface area contributed by atoms with Crippen molar-refractivity contribution >= 4 is 11.8 Å². The van der Waals surface area contributed by atoms with Crippen LogP contribution in [0.2, 0.25) is 0 Å². The Kier molecular flexibility index (Phi) is 4.06. The Morgan fingerprint density at radius 3 is 2.38 bits per heavy atom. The van der Waals surface area contributed by atoms with Gasteiger partial charge < -0.3 is 0 Å². The van der Waals surface area contributed by atoms with Crippen LogP contribution in [-0.2, 0) is 9.59 Å². The predicted molar refractivity (Wildman–Crippen MR) is 80.5 cm³/mol. The number of imide groups is 1. The molecule has 2 fully saturated rings. The zero-order chi connectivity index (χ0) is 14.8. The second-order valence-corrected chi connectivity index (χ2v) is 6.01. The highest BCUT2D eigenvalue weighted by Gasteiger charge is 2.44. The molecule has 2 unspecified atom stereocenters. The molecule has 4 heteroatoms. The van der Waals surface area contributed by atoms with Crippen molar-refractivity contribution in [3.8, 4) is 0 Å². The van der Waals surface area contributed by atoms with E-state index >= 15 is 0 Å². The lowest BCUT2D eigenvalue weighted by atomic mass is 10.1. The third-order valence-electron chi connectivity index (χ3n) is 4.66. The van der Waals surface area contributed by atoms with E-state index in [4.69, 9.17) is 0 Å². The van der Waals surface area contributed by atoms with Crippen molar-refractivity contribution in [2.45, 2.75) is 44.7 Å². The van der Waals surface area contributed by atoms with Crippen LogP contribution in [0.15, 0.2) is 30.3 Å². The molecule has 0 radical (unpaired) electrons. The molecule has 2 aliphatic rings. The standard InChI is InChI=1S/C17H22N2O2/c1-13(14-8-4-2-5-9-14)19-16(20)12-15(17(19)21)18-10-6-3-7-11-18/h2,4-5,8-9,13,15H,3,6-7,10-12H2,1H3. The van der Waals surface area contributed by atoms with Crippen molar-refractivity contribution in [3.63, 3.8) is 0 Å². The molecule has 0 saturated carbocycles. The lowest BCUT2D eigenvalue weighted by molar-refractivity contribution is -0.142. The maximum absolute atomic E-state index is 12.7. The summed E-state index contributed by atoms with van der Waals surface area (Å²) < 4.78 is 0. The summed E-state index contributed by atoms with van der Waals surface area (Å²) in [7, 11) is 0. The van der Waals surface area contributed by atoms with Gasteiger partial charge in [-0.1, -0.05) is 36.8 Å². The fraction of sp³-hybridized carbons (Fsp3) is 0.529. The van der Waals surface area contributed by atoms with Crippen molar-refractivity contribution in [3.05, 3.63) is 35.9 Å². The molecule has 4 nitrogen and oxygen atoms in total. The maximum atomic E-state index is 12.7. The van der Waals surface area contributed by atoms with Crippen LogP contribution in [0.5, 0.6) is 0 Å². The Hall–Kier alpha value is -1.68. The largest absolute Gasteiger partial charge is 0.292 e. The Balaban J connectivity index is 1.77. The van der Waals surface area contributed by atoms with Gasteiger partial charge in [0, 0.05) is 0 Å². The van der Waals surface area contributed by atoms with Gasteiger partial charge >= 0.3 is 0 Å². The van der Waals surface area contributed by atoms with Crippen LogP contribution < -0.4 is 0 Å². The van der Waals surface area contributed by atoms with E-state index in [1.165, 1.54) is 11.3 Å².